The number of halogens is 3. The van der Waals surface area contributed by atoms with Crippen molar-refractivity contribution < 1.29 is 18.0 Å². The first-order chi connectivity index (χ1) is 8.88. The van der Waals surface area contributed by atoms with Crippen molar-refractivity contribution in [1.29, 1.82) is 0 Å². The molecule has 5 heteroatoms. The number of hydrogen-bond acceptors (Lipinski definition) is 2. The molecular formula is C14H17F3OS. The molecule has 0 heterocycles. The molecule has 0 aromatic heterocycles. The molecule has 0 N–H and O–H groups in total. The minimum Gasteiger partial charge on any atom is -0.282 e. The van der Waals surface area contributed by atoms with Gasteiger partial charge in [0.15, 0.2) is 0 Å². The molecular weight excluding hydrogens is 273 g/mol. The van der Waals surface area contributed by atoms with Crippen LogP contribution in [0, 0.1) is 0 Å². The van der Waals surface area contributed by atoms with Crippen molar-refractivity contribution in [3.8, 4) is 0 Å². The van der Waals surface area contributed by atoms with E-state index >= 15 is 0 Å². The lowest BCUT2D eigenvalue weighted by Gasteiger charge is -2.12. The molecule has 0 fully saturated rings. The molecule has 0 saturated carbocycles. The van der Waals surface area contributed by atoms with Crippen LogP contribution in [0.15, 0.2) is 30.3 Å². The molecule has 1 unspecified atom stereocenters. The van der Waals surface area contributed by atoms with Gasteiger partial charge >= 0.3 is 0 Å². The van der Waals surface area contributed by atoms with Crippen molar-refractivity contribution >= 4 is 16.9 Å². The second-order valence-corrected chi connectivity index (χ2v) is 5.56. The summed E-state index contributed by atoms with van der Waals surface area (Å²) in [4.78, 5) is 11.7. The highest BCUT2D eigenvalue weighted by Gasteiger charge is 2.22. The Hall–Kier alpha value is -0.970. The molecule has 0 spiro atoms. The van der Waals surface area contributed by atoms with E-state index < -0.39 is 18.5 Å². The molecule has 0 saturated heterocycles. The van der Waals surface area contributed by atoms with Gasteiger partial charge in [-0.3, -0.25) is 4.79 Å². The lowest BCUT2D eigenvalue weighted by Crippen LogP contribution is -2.13. The molecule has 0 bridgehead atoms. The predicted octanol–water partition coefficient (Wildman–Crippen LogP) is 4.72. The Labute approximate surface area is 115 Å². The van der Waals surface area contributed by atoms with Crippen molar-refractivity contribution in [3.05, 3.63) is 35.9 Å². The van der Waals surface area contributed by atoms with Crippen molar-refractivity contribution in [2.24, 2.45) is 0 Å². The average Bonchev–Trinajstić information content (AvgIpc) is 2.36. The summed E-state index contributed by atoms with van der Waals surface area (Å²) in [6.07, 6.45) is -1.77. The molecule has 1 aromatic rings. The molecule has 1 nitrogen and oxygen atoms in total. The summed E-state index contributed by atoms with van der Waals surface area (Å²) in [6, 6.07) is 8.72. The zero-order chi connectivity index (χ0) is 14.3. The van der Waals surface area contributed by atoms with Crippen molar-refractivity contribution in [3.63, 3.8) is 0 Å². The van der Waals surface area contributed by atoms with Crippen molar-refractivity contribution in [2.75, 3.05) is 5.75 Å². The van der Waals surface area contributed by atoms with E-state index in [2.05, 4.69) is 0 Å². The van der Waals surface area contributed by atoms with Gasteiger partial charge in [-0.25, -0.2) is 13.2 Å². The van der Waals surface area contributed by atoms with Crippen LogP contribution in [0.4, 0.5) is 13.2 Å². The Morgan fingerprint density at radius 3 is 2.47 bits per heavy atom. The molecule has 19 heavy (non-hydrogen) atoms. The first kappa shape index (κ1) is 16.1. The van der Waals surface area contributed by atoms with Crippen LogP contribution in [-0.2, 0) is 0 Å². The van der Waals surface area contributed by atoms with Gasteiger partial charge in [0, 0.05) is 17.7 Å². The first-order valence-electron chi connectivity index (χ1n) is 6.12. The van der Waals surface area contributed by atoms with E-state index in [0.717, 1.165) is 18.7 Å². The quantitative estimate of drug-likeness (QED) is 0.722. The molecule has 1 rings (SSSR count). The second kappa shape index (κ2) is 7.58. The maximum absolute atomic E-state index is 13.3. The minimum absolute atomic E-state index is 0.117. The molecule has 1 atom stereocenters. The van der Waals surface area contributed by atoms with E-state index in [9.17, 15) is 18.0 Å². The van der Waals surface area contributed by atoms with Crippen LogP contribution in [-0.4, -0.2) is 23.0 Å². The summed E-state index contributed by atoms with van der Waals surface area (Å²) in [6.45, 7) is 0.785. The Balaban J connectivity index is 2.22. The summed E-state index contributed by atoms with van der Waals surface area (Å²) in [5.41, 5.74) is 0.572. The van der Waals surface area contributed by atoms with E-state index in [-0.39, 0.29) is 18.0 Å². The standard InChI is InChI=1S/C14H17F3OS/c1-14(16,17)9-7-12(15)8-10-19-13(18)11-5-3-2-4-6-11/h2-6,12H,7-10H2,1H3. The van der Waals surface area contributed by atoms with E-state index in [1.807, 2.05) is 6.07 Å². The summed E-state index contributed by atoms with van der Waals surface area (Å²) >= 11 is 1.02. The Kier molecular flexibility index (Phi) is 6.42. The van der Waals surface area contributed by atoms with E-state index in [0.29, 0.717) is 11.3 Å². The highest BCUT2D eigenvalue weighted by molar-refractivity contribution is 8.14. The highest BCUT2D eigenvalue weighted by atomic mass is 32.2. The number of benzene rings is 1. The summed E-state index contributed by atoms with van der Waals surface area (Å²) in [5, 5.41) is -0.117. The number of carbonyl (C=O) groups excluding carboxylic acids is 1. The number of alkyl halides is 3. The first-order valence-corrected chi connectivity index (χ1v) is 7.11. The van der Waals surface area contributed by atoms with Crippen molar-refractivity contribution in [2.45, 2.75) is 38.3 Å². The normalized spacial score (nSPS) is 13.3. The van der Waals surface area contributed by atoms with Crippen LogP contribution in [0.5, 0.6) is 0 Å². The van der Waals surface area contributed by atoms with Gasteiger partial charge < -0.3 is 0 Å². The number of thioether (sulfide) groups is 1. The van der Waals surface area contributed by atoms with Crippen LogP contribution in [0.25, 0.3) is 0 Å². The maximum atomic E-state index is 13.3. The molecule has 0 aliphatic carbocycles. The van der Waals surface area contributed by atoms with Crippen LogP contribution in [0.2, 0.25) is 0 Å². The fourth-order valence-electron chi connectivity index (χ4n) is 1.49. The monoisotopic (exact) mass is 290 g/mol. The van der Waals surface area contributed by atoms with Gasteiger partial charge in [-0.2, -0.15) is 0 Å². The third-order valence-electron chi connectivity index (χ3n) is 2.57. The SMILES string of the molecule is CC(F)(F)CCC(F)CCSC(=O)c1ccccc1. The smallest absolute Gasteiger partial charge is 0.245 e. The van der Waals surface area contributed by atoms with Gasteiger partial charge in [0.1, 0.15) is 6.17 Å². The van der Waals surface area contributed by atoms with Gasteiger partial charge in [0.25, 0.3) is 0 Å². The van der Waals surface area contributed by atoms with Gasteiger partial charge in [0.05, 0.1) is 0 Å². The largest absolute Gasteiger partial charge is 0.282 e. The Bertz CT molecular complexity index is 389. The fraction of sp³-hybridized carbons (Fsp3) is 0.500. The van der Waals surface area contributed by atoms with Crippen LogP contribution in [0.3, 0.4) is 0 Å². The Morgan fingerprint density at radius 2 is 1.89 bits per heavy atom. The van der Waals surface area contributed by atoms with Crippen LogP contribution in [0.1, 0.15) is 36.5 Å². The van der Waals surface area contributed by atoms with E-state index in [1.165, 1.54) is 0 Å². The molecule has 106 valence electrons. The third-order valence-corrected chi connectivity index (χ3v) is 3.51. The molecule has 0 radical (unpaired) electrons. The number of carbonyl (C=O) groups is 1. The second-order valence-electron chi connectivity index (χ2n) is 4.50. The number of rotatable bonds is 7. The van der Waals surface area contributed by atoms with Gasteiger partial charge in [0.2, 0.25) is 11.0 Å². The summed E-state index contributed by atoms with van der Waals surface area (Å²) < 4.78 is 38.4. The highest BCUT2D eigenvalue weighted by Crippen LogP contribution is 2.23. The average molecular weight is 290 g/mol. The maximum Gasteiger partial charge on any atom is 0.245 e. The molecule has 1 aromatic carbocycles. The molecule has 0 aliphatic heterocycles. The summed E-state index contributed by atoms with van der Waals surface area (Å²) in [7, 11) is 0. The topological polar surface area (TPSA) is 17.1 Å². The van der Waals surface area contributed by atoms with Crippen molar-refractivity contribution in [1.82, 2.24) is 0 Å². The molecule has 0 aliphatic rings. The zero-order valence-electron chi connectivity index (χ0n) is 10.7. The molecule has 0 amide bonds. The lowest BCUT2D eigenvalue weighted by atomic mass is 10.1. The Morgan fingerprint density at radius 1 is 1.26 bits per heavy atom. The lowest BCUT2D eigenvalue weighted by molar-refractivity contribution is 0.00454. The van der Waals surface area contributed by atoms with E-state index in [4.69, 9.17) is 0 Å². The van der Waals surface area contributed by atoms with Crippen LogP contribution < -0.4 is 0 Å². The van der Waals surface area contributed by atoms with E-state index in [1.54, 1.807) is 24.3 Å². The van der Waals surface area contributed by atoms with Gasteiger partial charge in [-0.15, -0.1) is 0 Å². The number of hydrogen-bond donors (Lipinski definition) is 0. The van der Waals surface area contributed by atoms with Gasteiger partial charge in [-0.1, -0.05) is 42.1 Å². The zero-order valence-corrected chi connectivity index (χ0v) is 11.6. The minimum atomic E-state index is -2.82. The summed E-state index contributed by atoms with van der Waals surface area (Å²) in [5.74, 6) is -2.51. The van der Waals surface area contributed by atoms with Gasteiger partial charge in [-0.05, 0) is 19.8 Å². The third kappa shape index (κ3) is 7.25. The fourth-order valence-corrected chi connectivity index (χ4v) is 2.35. The van der Waals surface area contributed by atoms with Crippen LogP contribution >= 0.6 is 11.8 Å². The predicted molar refractivity (Wildman–Crippen MR) is 72.6 cm³/mol.